The third-order valence-corrected chi connectivity index (χ3v) is 5.81. The average Bonchev–Trinajstić information content (AvgIpc) is 2.74. The topological polar surface area (TPSA) is 134 Å². The van der Waals surface area contributed by atoms with E-state index >= 15 is 0 Å². The molecule has 3 rings (SSSR count). The van der Waals surface area contributed by atoms with Crippen LogP contribution in [0.15, 0.2) is 48.5 Å². The molecule has 0 spiro atoms. The number of anilines is 1. The van der Waals surface area contributed by atoms with Crippen LogP contribution >= 0.6 is 0 Å². The zero-order chi connectivity index (χ0) is 21.7. The van der Waals surface area contributed by atoms with E-state index in [0.717, 1.165) is 19.3 Å². The Hall–Kier alpha value is -3.35. The molecule has 0 aliphatic heterocycles. The summed E-state index contributed by atoms with van der Waals surface area (Å²) in [7, 11) is 0. The fourth-order valence-electron chi connectivity index (χ4n) is 4.07. The maximum absolute atomic E-state index is 12.4. The standard InChI is InChI=1S/C23H29N5O2/c1-14-11-16(15-5-3-2-4-6-15)8-10-20(14)28-21(29)13-27-23(30)18-12-17(22(25)26)7-9-19(18)24/h2-7,9,12,14,16,20H,8,10-11,13,24H2,1H3,(H3,25,26)(H,27,30)(H,28,29). The summed E-state index contributed by atoms with van der Waals surface area (Å²) in [6, 6.07) is 15.1. The lowest BCUT2D eigenvalue weighted by molar-refractivity contribution is -0.121. The lowest BCUT2D eigenvalue weighted by Gasteiger charge is -2.35. The third kappa shape index (κ3) is 5.17. The zero-order valence-corrected chi connectivity index (χ0v) is 17.2. The Bertz CT molecular complexity index is 928. The Morgan fingerprint density at radius 1 is 1.13 bits per heavy atom. The monoisotopic (exact) mass is 407 g/mol. The molecular weight excluding hydrogens is 378 g/mol. The SMILES string of the molecule is CC1CC(c2ccccc2)CCC1NC(=O)CNC(=O)c1cc(C(=N)N)ccc1N. The maximum Gasteiger partial charge on any atom is 0.253 e. The van der Waals surface area contributed by atoms with E-state index in [4.69, 9.17) is 16.9 Å². The molecule has 1 saturated carbocycles. The highest BCUT2D eigenvalue weighted by Gasteiger charge is 2.29. The van der Waals surface area contributed by atoms with Gasteiger partial charge in [-0.25, -0.2) is 0 Å². The Morgan fingerprint density at radius 2 is 1.87 bits per heavy atom. The smallest absolute Gasteiger partial charge is 0.253 e. The molecule has 1 aliphatic rings. The van der Waals surface area contributed by atoms with Crippen molar-refractivity contribution >= 4 is 23.3 Å². The first kappa shape index (κ1) is 21.4. The van der Waals surface area contributed by atoms with E-state index in [1.165, 1.54) is 17.7 Å². The van der Waals surface area contributed by atoms with Crippen molar-refractivity contribution in [3.05, 3.63) is 65.2 Å². The summed E-state index contributed by atoms with van der Waals surface area (Å²) >= 11 is 0. The molecule has 0 bridgehead atoms. The molecule has 2 aromatic carbocycles. The second-order valence-electron chi connectivity index (χ2n) is 7.97. The van der Waals surface area contributed by atoms with Crippen LogP contribution in [0.3, 0.4) is 0 Å². The molecule has 2 aromatic rings. The summed E-state index contributed by atoms with van der Waals surface area (Å²) in [5, 5.41) is 13.1. The van der Waals surface area contributed by atoms with Gasteiger partial charge in [-0.15, -0.1) is 0 Å². The Kier molecular flexibility index (Phi) is 6.72. The molecular formula is C23H29N5O2. The van der Waals surface area contributed by atoms with Gasteiger partial charge < -0.3 is 22.1 Å². The van der Waals surface area contributed by atoms with Gasteiger partial charge in [-0.2, -0.15) is 0 Å². The molecule has 3 atom stereocenters. The van der Waals surface area contributed by atoms with Gasteiger partial charge in [0.05, 0.1) is 12.1 Å². The Balaban J connectivity index is 1.51. The third-order valence-electron chi connectivity index (χ3n) is 5.81. The van der Waals surface area contributed by atoms with Crippen molar-refractivity contribution in [1.29, 1.82) is 5.41 Å². The van der Waals surface area contributed by atoms with Gasteiger partial charge >= 0.3 is 0 Å². The summed E-state index contributed by atoms with van der Waals surface area (Å²) in [6.07, 6.45) is 2.96. The Labute approximate surface area is 176 Å². The lowest BCUT2D eigenvalue weighted by Crippen LogP contribution is -2.46. The number of hydrogen-bond acceptors (Lipinski definition) is 4. The second kappa shape index (κ2) is 9.43. The van der Waals surface area contributed by atoms with Gasteiger partial charge in [-0.3, -0.25) is 15.0 Å². The number of rotatable bonds is 6. The molecule has 30 heavy (non-hydrogen) atoms. The van der Waals surface area contributed by atoms with E-state index in [1.807, 2.05) is 6.07 Å². The minimum atomic E-state index is -0.466. The van der Waals surface area contributed by atoms with E-state index in [-0.39, 0.29) is 35.6 Å². The number of amidine groups is 1. The van der Waals surface area contributed by atoms with Crippen molar-refractivity contribution in [1.82, 2.24) is 10.6 Å². The highest BCUT2D eigenvalue weighted by Crippen LogP contribution is 2.36. The van der Waals surface area contributed by atoms with Gasteiger partial charge in [0.25, 0.3) is 5.91 Å². The normalized spacial score (nSPS) is 20.9. The average molecular weight is 408 g/mol. The van der Waals surface area contributed by atoms with Crippen LogP contribution in [0.2, 0.25) is 0 Å². The molecule has 2 amide bonds. The molecule has 3 unspecified atom stereocenters. The molecule has 1 fully saturated rings. The highest BCUT2D eigenvalue weighted by molar-refractivity contribution is 6.04. The molecule has 0 radical (unpaired) electrons. The number of amides is 2. The van der Waals surface area contributed by atoms with E-state index in [0.29, 0.717) is 17.4 Å². The van der Waals surface area contributed by atoms with E-state index in [1.54, 1.807) is 6.07 Å². The number of benzene rings is 2. The molecule has 158 valence electrons. The van der Waals surface area contributed by atoms with Crippen LogP contribution in [0.25, 0.3) is 0 Å². The van der Waals surface area contributed by atoms with Gasteiger partial charge in [0.2, 0.25) is 5.91 Å². The van der Waals surface area contributed by atoms with Gasteiger partial charge in [-0.05, 0) is 54.9 Å². The van der Waals surface area contributed by atoms with Crippen LogP contribution < -0.4 is 22.1 Å². The number of nitrogens with two attached hydrogens (primary N) is 2. The summed E-state index contributed by atoms with van der Waals surface area (Å²) in [6.45, 7) is 2.03. The van der Waals surface area contributed by atoms with Crippen molar-refractivity contribution in [2.75, 3.05) is 12.3 Å². The predicted molar refractivity (Wildman–Crippen MR) is 118 cm³/mol. The second-order valence-corrected chi connectivity index (χ2v) is 7.97. The first-order valence-corrected chi connectivity index (χ1v) is 10.2. The molecule has 1 aliphatic carbocycles. The first-order chi connectivity index (χ1) is 14.3. The maximum atomic E-state index is 12.4. The van der Waals surface area contributed by atoms with Gasteiger partial charge in [-0.1, -0.05) is 37.3 Å². The van der Waals surface area contributed by atoms with Crippen molar-refractivity contribution in [3.63, 3.8) is 0 Å². The number of carbonyl (C=O) groups excluding carboxylic acids is 2. The van der Waals surface area contributed by atoms with Crippen LogP contribution in [0, 0.1) is 11.3 Å². The predicted octanol–water partition coefficient (Wildman–Crippen LogP) is 2.37. The fraction of sp³-hybridized carbons (Fsp3) is 0.348. The molecule has 7 nitrogen and oxygen atoms in total. The molecule has 0 aromatic heterocycles. The summed E-state index contributed by atoms with van der Waals surface area (Å²) < 4.78 is 0. The van der Waals surface area contributed by atoms with E-state index < -0.39 is 5.91 Å². The highest BCUT2D eigenvalue weighted by atomic mass is 16.2. The molecule has 7 heteroatoms. The number of carbonyl (C=O) groups is 2. The van der Waals surface area contributed by atoms with E-state index in [9.17, 15) is 9.59 Å². The first-order valence-electron chi connectivity index (χ1n) is 10.2. The molecule has 0 saturated heterocycles. The number of nitrogen functional groups attached to an aromatic ring is 2. The van der Waals surface area contributed by atoms with Crippen LogP contribution in [-0.2, 0) is 4.79 Å². The van der Waals surface area contributed by atoms with Gasteiger partial charge in [0, 0.05) is 17.3 Å². The van der Waals surface area contributed by atoms with Crippen molar-refractivity contribution in [3.8, 4) is 0 Å². The summed E-state index contributed by atoms with van der Waals surface area (Å²) in [4.78, 5) is 24.8. The number of hydrogen-bond donors (Lipinski definition) is 5. The lowest BCUT2D eigenvalue weighted by atomic mass is 9.76. The van der Waals surface area contributed by atoms with Crippen LogP contribution in [0.5, 0.6) is 0 Å². The van der Waals surface area contributed by atoms with Crippen molar-refractivity contribution < 1.29 is 9.59 Å². The quantitative estimate of drug-likeness (QED) is 0.285. The Morgan fingerprint density at radius 3 is 2.53 bits per heavy atom. The van der Waals surface area contributed by atoms with Gasteiger partial charge in [0.1, 0.15) is 5.84 Å². The largest absolute Gasteiger partial charge is 0.398 e. The fourth-order valence-corrected chi connectivity index (χ4v) is 4.07. The molecule has 0 heterocycles. The number of nitrogens with one attached hydrogen (secondary N) is 3. The van der Waals surface area contributed by atoms with Crippen molar-refractivity contribution in [2.45, 2.75) is 38.1 Å². The summed E-state index contributed by atoms with van der Waals surface area (Å²) in [5.74, 6) is 0.0326. The van der Waals surface area contributed by atoms with Crippen LogP contribution in [0.1, 0.15) is 53.6 Å². The minimum Gasteiger partial charge on any atom is -0.398 e. The van der Waals surface area contributed by atoms with Gasteiger partial charge in [0.15, 0.2) is 0 Å². The molecule has 7 N–H and O–H groups in total. The van der Waals surface area contributed by atoms with Crippen LogP contribution in [-0.4, -0.2) is 30.2 Å². The zero-order valence-electron chi connectivity index (χ0n) is 17.2. The van der Waals surface area contributed by atoms with Crippen LogP contribution in [0.4, 0.5) is 5.69 Å². The minimum absolute atomic E-state index is 0.0977. The summed E-state index contributed by atoms with van der Waals surface area (Å²) in [5.41, 5.74) is 13.5. The van der Waals surface area contributed by atoms with E-state index in [2.05, 4.69) is 41.8 Å². The van der Waals surface area contributed by atoms with Crippen molar-refractivity contribution in [2.24, 2.45) is 11.7 Å².